The zero-order chi connectivity index (χ0) is 19.8. The van der Waals surface area contributed by atoms with E-state index in [1.54, 1.807) is 0 Å². The van der Waals surface area contributed by atoms with Crippen molar-refractivity contribution in [2.45, 2.75) is 44.8 Å². The summed E-state index contributed by atoms with van der Waals surface area (Å²) < 4.78 is 34.3. The zero-order valence-electron chi connectivity index (χ0n) is 15.4. The van der Waals surface area contributed by atoms with Crippen LogP contribution in [-0.2, 0) is 17.8 Å². The van der Waals surface area contributed by atoms with Gasteiger partial charge in [-0.1, -0.05) is 0 Å². The second kappa shape index (κ2) is 7.78. The number of aryl methyl sites for hydroxylation is 1. The highest BCUT2D eigenvalue weighted by Gasteiger charge is 2.47. The normalized spacial score (nSPS) is 16.8. The molecule has 27 heavy (non-hydrogen) atoms. The van der Waals surface area contributed by atoms with Crippen molar-refractivity contribution in [1.82, 2.24) is 14.5 Å². The summed E-state index contributed by atoms with van der Waals surface area (Å²) in [5.41, 5.74) is 5.23. The summed E-state index contributed by atoms with van der Waals surface area (Å²) in [5.74, 6) is -2.82. The van der Waals surface area contributed by atoms with Crippen LogP contribution < -0.4 is 22.3 Å². The van der Waals surface area contributed by atoms with Crippen LogP contribution in [0, 0.1) is 6.92 Å². The average Bonchev–Trinajstić information content (AvgIpc) is 2.90. The maximum absolute atomic E-state index is 13.4. The second-order valence-corrected chi connectivity index (χ2v) is 7.90. The summed E-state index contributed by atoms with van der Waals surface area (Å²) in [6, 6.07) is -0.767. The van der Waals surface area contributed by atoms with Gasteiger partial charge < -0.3 is 15.8 Å². The van der Waals surface area contributed by atoms with Gasteiger partial charge in [-0.05, 0) is 12.5 Å². The third-order valence-corrected chi connectivity index (χ3v) is 6.22. The lowest BCUT2D eigenvalue weighted by atomic mass is 9.88. The van der Waals surface area contributed by atoms with Crippen LogP contribution in [-0.4, -0.2) is 41.9 Å². The van der Waals surface area contributed by atoms with Crippen molar-refractivity contribution in [3.63, 3.8) is 0 Å². The topological polar surface area (TPSA) is 91.3 Å². The Morgan fingerprint density at radius 2 is 2.07 bits per heavy atom. The first-order valence-corrected chi connectivity index (χ1v) is 9.67. The van der Waals surface area contributed by atoms with Crippen LogP contribution in [0.4, 0.5) is 8.78 Å². The first-order chi connectivity index (χ1) is 12.8. The summed E-state index contributed by atoms with van der Waals surface area (Å²) in [6.45, 7) is 4.01. The molecule has 150 valence electrons. The molecule has 3 N–H and O–H groups in total. The number of nitrogens with one attached hydrogen (secondary N) is 1. The fourth-order valence-electron chi connectivity index (χ4n) is 3.40. The molecule has 1 saturated carbocycles. The molecular formula is C17H24F2N4O3S. The van der Waals surface area contributed by atoms with Crippen LogP contribution in [0.2, 0.25) is 0 Å². The number of alkyl halides is 2. The molecule has 7 nitrogen and oxygen atoms in total. The molecule has 0 unspecified atom stereocenters. The monoisotopic (exact) mass is 402 g/mol. The van der Waals surface area contributed by atoms with E-state index >= 15 is 0 Å². The van der Waals surface area contributed by atoms with Crippen LogP contribution >= 0.6 is 11.3 Å². The molecule has 1 aliphatic carbocycles. The van der Waals surface area contributed by atoms with E-state index in [9.17, 15) is 18.4 Å². The maximum Gasteiger partial charge on any atom is 0.332 e. The lowest BCUT2D eigenvalue weighted by molar-refractivity contribution is -0.106. The summed E-state index contributed by atoms with van der Waals surface area (Å²) in [7, 11) is 1.52. The van der Waals surface area contributed by atoms with Gasteiger partial charge in [-0.25, -0.2) is 13.6 Å². The second-order valence-electron chi connectivity index (χ2n) is 6.82. The fraction of sp³-hybridized carbons (Fsp3) is 0.647. The van der Waals surface area contributed by atoms with E-state index in [0.29, 0.717) is 29.9 Å². The van der Waals surface area contributed by atoms with Crippen LogP contribution in [0.5, 0.6) is 0 Å². The number of thiophene rings is 1. The minimum atomic E-state index is -2.82. The van der Waals surface area contributed by atoms with Gasteiger partial charge in [0.05, 0.1) is 24.6 Å². The standard InChI is InChI=1S/C17H24F2N4O3S/c1-10-12(9-21-4-3-20)27-15-13(10)14(24)23(11-7-17(18,19)8-11)16(25)22(15)5-6-26-2/h11,21H,3-9,20H2,1-2H3. The Bertz CT molecular complexity index is 942. The molecule has 0 spiro atoms. The molecule has 2 heterocycles. The summed E-state index contributed by atoms with van der Waals surface area (Å²) >= 11 is 1.37. The van der Waals surface area contributed by atoms with Crippen LogP contribution in [0.1, 0.15) is 29.3 Å². The highest BCUT2D eigenvalue weighted by Crippen LogP contribution is 2.44. The van der Waals surface area contributed by atoms with Crippen molar-refractivity contribution in [3.8, 4) is 0 Å². The van der Waals surface area contributed by atoms with Crippen molar-refractivity contribution in [1.29, 1.82) is 0 Å². The third kappa shape index (κ3) is 3.71. The number of aromatic nitrogens is 2. The number of nitrogens with zero attached hydrogens (tertiary/aromatic N) is 2. The Labute approximate surface area is 158 Å². The largest absolute Gasteiger partial charge is 0.383 e. The Balaban J connectivity index is 2.15. The number of methoxy groups -OCH3 is 1. The predicted molar refractivity (Wildman–Crippen MR) is 101 cm³/mol. The van der Waals surface area contributed by atoms with Gasteiger partial charge in [0, 0.05) is 44.5 Å². The van der Waals surface area contributed by atoms with Crippen molar-refractivity contribution < 1.29 is 13.5 Å². The minimum Gasteiger partial charge on any atom is -0.383 e. The predicted octanol–water partition coefficient (Wildman–Crippen LogP) is 1.20. The number of hydrogen-bond acceptors (Lipinski definition) is 6. The van der Waals surface area contributed by atoms with E-state index in [4.69, 9.17) is 10.5 Å². The van der Waals surface area contributed by atoms with Crippen molar-refractivity contribution in [3.05, 3.63) is 31.3 Å². The molecule has 3 rings (SSSR count). The van der Waals surface area contributed by atoms with Crippen LogP contribution in [0.15, 0.2) is 9.59 Å². The number of fused-ring (bicyclic) bond motifs is 1. The van der Waals surface area contributed by atoms with E-state index in [0.717, 1.165) is 15.0 Å². The van der Waals surface area contributed by atoms with Crippen molar-refractivity contribution in [2.75, 3.05) is 26.8 Å². The third-order valence-electron chi connectivity index (χ3n) is 4.90. The van der Waals surface area contributed by atoms with Gasteiger partial charge in [0.1, 0.15) is 4.83 Å². The smallest absolute Gasteiger partial charge is 0.332 e. The molecule has 0 saturated heterocycles. The lowest BCUT2D eigenvalue weighted by Crippen LogP contribution is -2.49. The molecule has 1 aliphatic rings. The molecule has 2 aromatic rings. The fourth-order valence-corrected chi connectivity index (χ4v) is 4.68. The molecule has 0 aromatic carbocycles. The van der Waals surface area contributed by atoms with E-state index in [-0.39, 0.29) is 13.2 Å². The average molecular weight is 402 g/mol. The highest BCUT2D eigenvalue weighted by atomic mass is 32.1. The number of rotatable bonds is 8. The summed E-state index contributed by atoms with van der Waals surface area (Å²) in [6.07, 6.45) is -0.960. The van der Waals surface area contributed by atoms with Crippen molar-refractivity contribution in [2.24, 2.45) is 5.73 Å². The van der Waals surface area contributed by atoms with Gasteiger partial charge in [-0.3, -0.25) is 13.9 Å². The molecule has 0 amide bonds. The quantitative estimate of drug-likeness (QED) is 0.648. The molecule has 1 fully saturated rings. The molecule has 0 radical (unpaired) electrons. The Morgan fingerprint density at radius 1 is 1.37 bits per heavy atom. The Kier molecular flexibility index (Phi) is 5.80. The van der Waals surface area contributed by atoms with E-state index in [2.05, 4.69) is 5.32 Å². The van der Waals surface area contributed by atoms with E-state index in [1.807, 2.05) is 6.92 Å². The lowest BCUT2D eigenvalue weighted by Gasteiger charge is -2.35. The highest BCUT2D eigenvalue weighted by molar-refractivity contribution is 7.18. The number of nitrogens with two attached hydrogens (primary N) is 1. The van der Waals surface area contributed by atoms with Gasteiger partial charge >= 0.3 is 5.69 Å². The van der Waals surface area contributed by atoms with Gasteiger partial charge in [0.15, 0.2) is 0 Å². The Hall–Kier alpha value is -1.62. The van der Waals surface area contributed by atoms with E-state index < -0.39 is 36.1 Å². The van der Waals surface area contributed by atoms with Gasteiger partial charge in [-0.2, -0.15) is 0 Å². The first kappa shape index (κ1) is 20.1. The Morgan fingerprint density at radius 3 is 2.67 bits per heavy atom. The maximum atomic E-state index is 13.4. The molecule has 2 aromatic heterocycles. The molecule has 0 bridgehead atoms. The number of halogens is 2. The molecule has 10 heteroatoms. The van der Waals surface area contributed by atoms with Crippen LogP contribution in [0.3, 0.4) is 0 Å². The van der Waals surface area contributed by atoms with Crippen LogP contribution in [0.25, 0.3) is 10.2 Å². The molecule has 0 atom stereocenters. The summed E-state index contributed by atoms with van der Waals surface area (Å²) in [4.78, 5) is 27.5. The van der Waals surface area contributed by atoms with Gasteiger partial charge in [0.25, 0.3) is 11.5 Å². The zero-order valence-corrected chi connectivity index (χ0v) is 16.2. The molecular weight excluding hydrogens is 378 g/mol. The van der Waals surface area contributed by atoms with Gasteiger partial charge in [-0.15, -0.1) is 11.3 Å². The minimum absolute atomic E-state index is 0.255. The molecule has 0 aliphatic heterocycles. The number of ether oxygens (including phenoxy) is 1. The summed E-state index contributed by atoms with van der Waals surface area (Å²) in [5, 5.41) is 3.61. The number of hydrogen-bond donors (Lipinski definition) is 2. The SMILES string of the molecule is COCCn1c(=O)n(C2CC(F)(F)C2)c(=O)c2c(C)c(CNCCN)sc21. The first-order valence-electron chi connectivity index (χ1n) is 8.85. The van der Waals surface area contributed by atoms with Gasteiger partial charge in [0.2, 0.25) is 0 Å². The van der Waals surface area contributed by atoms with E-state index in [1.165, 1.54) is 23.0 Å². The van der Waals surface area contributed by atoms with Crippen molar-refractivity contribution >= 4 is 21.6 Å².